The number of carbonyl (C=O) groups excluding carboxylic acids is 4. The van der Waals surface area contributed by atoms with E-state index in [1.165, 1.54) is 12.2 Å². The summed E-state index contributed by atoms with van der Waals surface area (Å²) in [6.07, 6.45) is 3.26. The minimum absolute atomic E-state index is 0.0103. The summed E-state index contributed by atoms with van der Waals surface area (Å²) >= 11 is 0. The summed E-state index contributed by atoms with van der Waals surface area (Å²) in [5.74, 6) is -3.18. The van der Waals surface area contributed by atoms with Gasteiger partial charge in [-0.2, -0.15) is 0 Å². The topological polar surface area (TPSA) is 130 Å². The number of carbonyl (C=O) groups is 4. The first kappa shape index (κ1) is 36.0. The molecule has 12 heteroatoms. The number of rotatable bonds is 9. The second-order valence-electron chi connectivity index (χ2n) is 15.5. The summed E-state index contributed by atoms with van der Waals surface area (Å²) in [5, 5.41) is 0. The molecule has 0 aromatic rings. The molecular formula is C34H52N2O10. The molecule has 0 N–H and O–H groups in total. The number of hydrogen-bond donors (Lipinski definition) is 0. The summed E-state index contributed by atoms with van der Waals surface area (Å²) in [5.41, 5.74) is -2.20. The second-order valence-corrected chi connectivity index (χ2v) is 15.5. The molecule has 0 radical (unpaired) electrons. The number of esters is 2. The average Bonchev–Trinajstić information content (AvgIpc) is 3.48. The fourth-order valence-corrected chi connectivity index (χ4v) is 8.58. The van der Waals surface area contributed by atoms with Crippen molar-refractivity contribution in [1.29, 1.82) is 0 Å². The quantitative estimate of drug-likeness (QED) is 0.269. The van der Waals surface area contributed by atoms with E-state index in [-0.39, 0.29) is 51.1 Å². The van der Waals surface area contributed by atoms with Crippen molar-refractivity contribution in [2.75, 3.05) is 26.4 Å². The fraction of sp³-hybridized carbons (Fsp3) is 0.765. The molecule has 12 nitrogen and oxygen atoms in total. The minimum Gasteiger partial charge on any atom is -0.463 e. The van der Waals surface area contributed by atoms with Crippen LogP contribution in [0.5, 0.6) is 0 Å². The maximum atomic E-state index is 12.6. The van der Waals surface area contributed by atoms with Gasteiger partial charge in [-0.05, 0) is 67.5 Å². The Balaban J connectivity index is 1.19. The Bertz CT molecular complexity index is 1110. The lowest BCUT2D eigenvalue weighted by Crippen LogP contribution is -2.67. The van der Waals surface area contributed by atoms with Crippen LogP contribution in [-0.4, -0.2) is 106 Å². The highest BCUT2D eigenvalue weighted by atomic mass is 16.8. The van der Waals surface area contributed by atoms with E-state index in [0.717, 1.165) is 0 Å². The maximum absolute atomic E-state index is 12.6. The number of hydrogen-bond acceptors (Lipinski definition) is 10. The number of ether oxygens (including phenoxy) is 6. The molecule has 0 bridgehead atoms. The van der Waals surface area contributed by atoms with Crippen molar-refractivity contribution in [3.05, 3.63) is 25.3 Å². The van der Waals surface area contributed by atoms with E-state index < -0.39 is 57.9 Å². The third-order valence-electron chi connectivity index (χ3n) is 9.24. The highest BCUT2D eigenvalue weighted by Crippen LogP contribution is 2.49. The number of piperidine rings is 2. The highest BCUT2D eigenvalue weighted by Gasteiger charge is 2.59. The summed E-state index contributed by atoms with van der Waals surface area (Å²) < 4.78 is 35.6. The molecule has 258 valence electrons. The SMILES string of the molecule is C=CC(=O)N1C(C)(C)CC2(CC1(C)C)OCC(COC(=O)CCC(=O)OCC1COC3(CC(C)(C)N(C(=O)C=C)C(C)(C)C3)O1)O2. The molecule has 0 saturated carbocycles. The predicted molar refractivity (Wildman–Crippen MR) is 167 cm³/mol. The van der Waals surface area contributed by atoms with Crippen LogP contribution in [0.15, 0.2) is 25.3 Å². The molecule has 0 aromatic carbocycles. The van der Waals surface area contributed by atoms with Crippen LogP contribution in [0.25, 0.3) is 0 Å². The largest absolute Gasteiger partial charge is 0.463 e. The van der Waals surface area contributed by atoms with E-state index in [0.29, 0.717) is 25.7 Å². The molecule has 2 amide bonds. The maximum Gasteiger partial charge on any atom is 0.306 e. The third-order valence-corrected chi connectivity index (χ3v) is 9.24. The molecule has 4 saturated heterocycles. The van der Waals surface area contributed by atoms with Crippen molar-refractivity contribution in [1.82, 2.24) is 9.80 Å². The van der Waals surface area contributed by atoms with E-state index in [4.69, 9.17) is 28.4 Å². The van der Waals surface area contributed by atoms with Crippen LogP contribution in [0, 0.1) is 0 Å². The summed E-state index contributed by atoms with van der Waals surface area (Å²) in [4.78, 5) is 53.8. The monoisotopic (exact) mass is 648 g/mol. The van der Waals surface area contributed by atoms with Crippen LogP contribution in [0.3, 0.4) is 0 Å². The van der Waals surface area contributed by atoms with Crippen LogP contribution in [0.1, 0.15) is 93.9 Å². The van der Waals surface area contributed by atoms with Gasteiger partial charge in [0, 0.05) is 47.8 Å². The molecule has 46 heavy (non-hydrogen) atoms. The first-order valence-electron chi connectivity index (χ1n) is 16.1. The van der Waals surface area contributed by atoms with E-state index >= 15 is 0 Å². The predicted octanol–water partition coefficient (Wildman–Crippen LogP) is 3.81. The van der Waals surface area contributed by atoms with Gasteiger partial charge in [0.25, 0.3) is 0 Å². The van der Waals surface area contributed by atoms with Gasteiger partial charge in [-0.1, -0.05) is 13.2 Å². The second kappa shape index (κ2) is 12.7. The first-order chi connectivity index (χ1) is 21.2. The molecule has 2 atom stereocenters. The Morgan fingerprint density at radius 2 is 0.935 bits per heavy atom. The molecular weight excluding hydrogens is 596 g/mol. The lowest BCUT2D eigenvalue weighted by Gasteiger charge is -2.57. The fourth-order valence-electron chi connectivity index (χ4n) is 8.58. The zero-order valence-electron chi connectivity index (χ0n) is 28.8. The molecule has 4 aliphatic heterocycles. The average molecular weight is 649 g/mol. The molecule has 4 heterocycles. The molecule has 4 aliphatic rings. The van der Waals surface area contributed by atoms with Crippen molar-refractivity contribution in [3.63, 3.8) is 0 Å². The van der Waals surface area contributed by atoms with Gasteiger partial charge in [0.1, 0.15) is 25.4 Å². The third kappa shape index (κ3) is 7.50. The normalized spacial score (nSPS) is 28.1. The van der Waals surface area contributed by atoms with Gasteiger partial charge >= 0.3 is 11.9 Å². The summed E-state index contributed by atoms with van der Waals surface area (Å²) in [6, 6.07) is 0. The van der Waals surface area contributed by atoms with E-state index in [9.17, 15) is 19.2 Å². The summed E-state index contributed by atoms with van der Waals surface area (Å²) in [6.45, 7) is 23.5. The van der Waals surface area contributed by atoms with Gasteiger partial charge in [0.05, 0.1) is 26.1 Å². The molecule has 4 fully saturated rings. The van der Waals surface area contributed by atoms with Crippen LogP contribution < -0.4 is 0 Å². The number of nitrogens with zero attached hydrogens (tertiary/aromatic N) is 2. The van der Waals surface area contributed by atoms with Crippen molar-refractivity contribution in [2.24, 2.45) is 0 Å². The van der Waals surface area contributed by atoms with Gasteiger partial charge < -0.3 is 38.2 Å². The zero-order valence-corrected chi connectivity index (χ0v) is 28.8. The highest BCUT2D eigenvalue weighted by molar-refractivity contribution is 5.89. The summed E-state index contributed by atoms with van der Waals surface area (Å²) in [7, 11) is 0. The molecule has 0 aliphatic carbocycles. The van der Waals surface area contributed by atoms with Crippen molar-refractivity contribution in [2.45, 2.75) is 140 Å². The van der Waals surface area contributed by atoms with Gasteiger partial charge in [-0.15, -0.1) is 0 Å². The Hall–Kier alpha value is -2.80. The van der Waals surface area contributed by atoms with Gasteiger partial charge in [-0.3, -0.25) is 19.2 Å². The molecule has 4 rings (SSSR count). The Labute approximate surface area is 272 Å². The van der Waals surface area contributed by atoms with Crippen molar-refractivity contribution >= 4 is 23.8 Å². The van der Waals surface area contributed by atoms with E-state index in [2.05, 4.69) is 13.2 Å². The van der Waals surface area contributed by atoms with Gasteiger partial charge in [-0.25, -0.2) is 0 Å². The first-order valence-corrected chi connectivity index (χ1v) is 16.1. The Morgan fingerprint density at radius 3 is 1.22 bits per heavy atom. The Morgan fingerprint density at radius 1 is 0.630 bits per heavy atom. The van der Waals surface area contributed by atoms with Crippen LogP contribution in [0.2, 0.25) is 0 Å². The van der Waals surface area contributed by atoms with Crippen LogP contribution in [0.4, 0.5) is 0 Å². The lowest BCUT2D eigenvalue weighted by molar-refractivity contribution is -0.245. The van der Waals surface area contributed by atoms with Crippen molar-refractivity contribution in [3.8, 4) is 0 Å². The minimum atomic E-state index is -0.901. The van der Waals surface area contributed by atoms with Crippen LogP contribution in [-0.2, 0) is 47.6 Å². The number of amides is 2. The Kier molecular flexibility index (Phi) is 9.93. The van der Waals surface area contributed by atoms with Crippen LogP contribution >= 0.6 is 0 Å². The zero-order chi connectivity index (χ0) is 34.3. The smallest absolute Gasteiger partial charge is 0.306 e. The lowest BCUT2D eigenvalue weighted by atomic mass is 9.76. The van der Waals surface area contributed by atoms with Gasteiger partial charge in [0.15, 0.2) is 11.6 Å². The van der Waals surface area contributed by atoms with Crippen molar-refractivity contribution < 1.29 is 47.6 Å². The molecule has 2 spiro atoms. The molecule has 2 unspecified atom stereocenters. The van der Waals surface area contributed by atoms with E-state index in [1.807, 2.05) is 65.2 Å². The van der Waals surface area contributed by atoms with E-state index in [1.54, 1.807) is 0 Å². The molecule has 0 aromatic heterocycles. The van der Waals surface area contributed by atoms with Gasteiger partial charge in [0.2, 0.25) is 11.8 Å². The number of likely N-dealkylation sites (tertiary alicyclic amines) is 2. The standard InChI is InChI=1S/C34H52N2O10/c1-11-25(37)35-29(3,4)19-33(20-30(35,5)6)43-17-23(45-33)15-41-27(39)13-14-28(40)42-16-24-18-44-34(46-24)21-31(7,8)36(26(38)12-2)32(9,10)22-34/h11-12,23-24H,1-2,13-22H2,3-10H3.